The van der Waals surface area contributed by atoms with Crippen LogP contribution in [0.5, 0.6) is 0 Å². The fourth-order valence-corrected chi connectivity index (χ4v) is 1.61. The summed E-state index contributed by atoms with van der Waals surface area (Å²) in [6, 6.07) is 7.34. The van der Waals surface area contributed by atoms with Crippen LogP contribution in [0.4, 0.5) is 0 Å². The van der Waals surface area contributed by atoms with Crippen LogP contribution in [0.1, 0.15) is 11.3 Å². The van der Waals surface area contributed by atoms with Gasteiger partial charge in [-0.3, -0.25) is 0 Å². The number of aromatic nitrogens is 2. The van der Waals surface area contributed by atoms with Crippen molar-refractivity contribution in [3.63, 3.8) is 0 Å². The summed E-state index contributed by atoms with van der Waals surface area (Å²) in [6.45, 7) is 1.84. The van der Waals surface area contributed by atoms with Crippen molar-refractivity contribution in [2.45, 2.75) is 6.92 Å². The third-order valence-electron chi connectivity index (χ3n) is 2.41. The topological polar surface area (TPSA) is 55.1 Å². The molecule has 92 valence electrons. The van der Waals surface area contributed by atoms with Gasteiger partial charge in [-0.2, -0.15) is 5.10 Å². The monoisotopic (exact) mass is 262 g/mol. The third kappa shape index (κ3) is 2.78. The van der Waals surface area contributed by atoms with E-state index in [2.05, 4.69) is 5.10 Å². The van der Waals surface area contributed by atoms with Crippen LogP contribution < -0.4 is 0 Å². The van der Waals surface area contributed by atoms with E-state index in [4.69, 9.17) is 16.7 Å². The Labute approximate surface area is 109 Å². The first-order valence-corrected chi connectivity index (χ1v) is 5.67. The number of benzene rings is 1. The molecule has 0 amide bonds. The van der Waals surface area contributed by atoms with Gasteiger partial charge in [-0.25, -0.2) is 9.48 Å². The van der Waals surface area contributed by atoms with E-state index >= 15 is 0 Å². The molecule has 0 unspecified atom stereocenters. The maximum atomic E-state index is 10.4. The lowest BCUT2D eigenvalue weighted by atomic mass is 10.2. The Balaban J connectivity index is 2.24. The number of nitrogens with zero attached hydrogens (tertiary/aromatic N) is 2. The van der Waals surface area contributed by atoms with Crippen molar-refractivity contribution in [3.05, 3.63) is 52.8 Å². The van der Waals surface area contributed by atoms with E-state index in [0.717, 1.165) is 23.0 Å². The Morgan fingerprint density at radius 1 is 1.39 bits per heavy atom. The average Bonchev–Trinajstić information content (AvgIpc) is 2.68. The van der Waals surface area contributed by atoms with Crippen LogP contribution in [-0.4, -0.2) is 20.9 Å². The predicted octanol–water partition coefficient (Wildman–Crippen LogP) is 2.93. The summed E-state index contributed by atoms with van der Waals surface area (Å²) < 4.78 is 1.68. The molecule has 0 aliphatic heterocycles. The zero-order valence-electron chi connectivity index (χ0n) is 9.67. The molecule has 2 aromatic rings. The molecule has 1 N–H and O–H groups in total. The summed E-state index contributed by atoms with van der Waals surface area (Å²) in [5.74, 6) is -0.964. The largest absolute Gasteiger partial charge is 0.478 e. The van der Waals surface area contributed by atoms with Gasteiger partial charge in [0.05, 0.1) is 16.4 Å². The fourth-order valence-electron chi connectivity index (χ4n) is 1.48. The van der Waals surface area contributed by atoms with Crippen LogP contribution in [0.3, 0.4) is 0 Å². The molecule has 0 saturated carbocycles. The van der Waals surface area contributed by atoms with Gasteiger partial charge >= 0.3 is 5.97 Å². The molecule has 1 aromatic heterocycles. The summed E-state index contributed by atoms with van der Waals surface area (Å²) in [5, 5.41) is 13.4. The number of carboxylic acids is 1. The van der Waals surface area contributed by atoms with Crippen molar-refractivity contribution >= 4 is 23.6 Å². The molecule has 18 heavy (non-hydrogen) atoms. The first kappa shape index (κ1) is 12.4. The maximum Gasteiger partial charge on any atom is 0.328 e. The summed E-state index contributed by atoms with van der Waals surface area (Å²) in [7, 11) is 0. The van der Waals surface area contributed by atoms with Gasteiger partial charge in [0.25, 0.3) is 0 Å². The van der Waals surface area contributed by atoms with E-state index in [1.807, 2.05) is 31.2 Å². The van der Waals surface area contributed by atoms with Crippen molar-refractivity contribution < 1.29 is 9.90 Å². The Bertz CT molecular complexity index is 580. The summed E-state index contributed by atoms with van der Waals surface area (Å²) in [5.41, 5.74) is 2.46. The van der Waals surface area contributed by atoms with E-state index in [-0.39, 0.29) is 0 Å². The summed E-state index contributed by atoms with van der Waals surface area (Å²) in [6.07, 6.45) is 4.37. The molecule has 5 heteroatoms. The van der Waals surface area contributed by atoms with Gasteiger partial charge in [0.1, 0.15) is 0 Å². The van der Waals surface area contributed by atoms with Crippen molar-refractivity contribution in [2.75, 3.05) is 0 Å². The standard InChI is InChI=1S/C13H11ClN2O2/c1-9-12(14)8-16(15-9)11-5-2-10(3-6-11)4-7-13(17)18/h2-8H,1H3,(H,17,18). The van der Waals surface area contributed by atoms with Gasteiger partial charge in [0, 0.05) is 12.3 Å². The minimum atomic E-state index is -0.964. The van der Waals surface area contributed by atoms with Gasteiger partial charge < -0.3 is 5.11 Å². The number of carboxylic acid groups (broad SMARTS) is 1. The van der Waals surface area contributed by atoms with Gasteiger partial charge in [0.15, 0.2) is 0 Å². The summed E-state index contributed by atoms with van der Waals surface area (Å²) in [4.78, 5) is 10.4. The lowest BCUT2D eigenvalue weighted by Crippen LogP contribution is -1.94. The quantitative estimate of drug-likeness (QED) is 0.866. The van der Waals surface area contributed by atoms with Crippen molar-refractivity contribution in [1.82, 2.24) is 9.78 Å². The molecule has 0 aliphatic rings. The van der Waals surface area contributed by atoms with E-state index in [0.29, 0.717) is 5.02 Å². The van der Waals surface area contributed by atoms with Gasteiger partial charge in [-0.1, -0.05) is 23.7 Å². The fraction of sp³-hybridized carbons (Fsp3) is 0.0769. The molecule has 0 bridgehead atoms. The molecular formula is C13H11ClN2O2. The number of halogens is 1. The van der Waals surface area contributed by atoms with E-state index in [1.54, 1.807) is 10.9 Å². The predicted molar refractivity (Wildman–Crippen MR) is 70.0 cm³/mol. The van der Waals surface area contributed by atoms with Gasteiger partial charge in [0.2, 0.25) is 0 Å². The second-order valence-corrected chi connectivity index (χ2v) is 4.18. The van der Waals surface area contributed by atoms with E-state index < -0.39 is 5.97 Å². The number of aryl methyl sites for hydroxylation is 1. The zero-order valence-corrected chi connectivity index (χ0v) is 10.4. The van der Waals surface area contributed by atoms with E-state index in [9.17, 15) is 4.79 Å². The molecular weight excluding hydrogens is 252 g/mol. The molecule has 0 saturated heterocycles. The van der Waals surface area contributed by atoms with Crippen molar-refractivity contribution in [2.24, 2.45) is 0 Å². The molecule has 0 radical (unpaired) electrons. The number of hydrogen-bond donors (Lipinski definition) is 1. The molecule has 0 atom stereocenters. The van der Waals surface area contributed by atoms with Crippen LogP contribution in [0.2, 0.25) is 5.02 Å². The highest BCUT2D eigenvalue weighted by molar-refractivity contribution is 6.31. The maximum absolute atomic E-state index is 10.4. The van der Waals surface area contributed by atoms with Crippen LogP contribution in [0, 0.1) is 6.92 Å². The number of aliphatic carboxylic acids is 1. The number of hydrogen-bond acceptors (Lipinski definition) is 2. The first-order chi connectivity index (χ1) is 8.56. The smallest absolute Gasteiger partial charge is 0.328 e. The highest BCUT2D eigenvalue weighted by Gasteiger charge is 2.03. The molecule has 1 aromatic carbocycles. The van der Waals surface area contributed by atoms with Gasteiger partial charge in [-0.15, -0.1) is 0 Å². The first-order valence-electron chi connectivity index (χ1n) is 5.29. The molecule has 1 heterocycles. The number of carbonyl (C=O) groups is 1. The lowest BCUT2D eigenvalue weighted by molar-refractivity contribution is -0.131. The van der Waals surface area contributed by atoms with Crippen LogP contribution >= 0.6 is 11.6 Å². The lowest BCUT2D eigenvalue weighted by Gasteiger charge is -2.01. The minimum absolute atomic E-state index is 0.616. The highest BCUT2D eigenvalue weighted by Crippen LogP contribution is 2.17. The molecule has 0 fully saturated rings. The second-order valence-electron chi connectivity index (χ2n) is 3.77. The third-order valence-corrected chi connectivity index (χ3v) is 2.79. The minimum Gasteiger partial charge on any atom is -0.478 e. The van der Waals surface area contributed by atoms with E-state index in [1.165, 1.54) is 6.08 Å². The molecule has 2 rings (SSSR count). The highest BCUT2D eigenvalue weighted by atomic mass is 35.5. The second kappa shape index (κ2) is 5.06. The normalized spacial score (nSPS) is 11.0. The Morgan fingerprint density at radius 3 is 2.56 bits per heavy atom. The van der Waals surface area contributed by atoms with Crippen LogP contribution in [0.25, 0.3) is 11.8 Å². The Morgan fingerprint density at radius 2 is 2.06 bits per heavy atom. The Hall–Kier alpha value is -2.07. The summed E-state index contributed by atoms with van der Waals surface area (Å²) >= 11 is 5.94. The van der Waals surface area contributed by atoms with Crippen LogP contribution in [-0.2, 0) is 4.79 Å². The molecule has 0 aliphatic carbocycles. The van der Waals surface area contributed by atoms with Crippen molar-refractivity contribution in [1.29, 1.82) is 0 Å². The van der Waals surface area contributed by atoms with Crippen molar-refractivity contribution in [3.8, 4) is 5.69 Å². The molecule has 0 spiro atoms. The van der Waals surface area contributed by atoms with Crippen LogP contribution in [0.15, 0.2) is 36.5 Å². The Kier molecular flexibility index (Phi) is 3.48. The SMILES string of the molecule is Cc1nn(-c2ccc(C=CC(=O)O)cc2)cc1Cl. The number of rotatable bonds is 3. The van der Waals surface area contributed by atoms with Gasteiger partial charge in [-0.05, 0) is 30.7 Å². The molecule has 4 nitrogen and oxygen atoms in total. The zero-order chi connectivity index (χ0) is 13.1. The average molecular weight is 263 g/mol.